The van der Waals surface area contributed by atoms with Crippen LogP contribution >= 0.6 is 0 Å². The molecule has 9 aromatic carbocycles. The van der Waals surface area contributed by atoms with Crippen molar-refractivity contribution in [2.45, 2.75) is 0 Å². The normalized spacial score (nSPS) is 11.0. The highest BCUT2D eigenvalue weighted by atomic mass is 15.1. The molecular formula is C52H37N. The van der Waals surface area contributed by atoms with Gasteiger partial charge >= 0.3 is 0 Å². The molecule has 0 fully saturated rings. The second kappa shape index (κ2) is 14.3. The number of hydrogen-bond acceptors (Lipinski definition) is 1. The van der Waals surface area contributed by atoms with Gasteiger partial charge in [-0.1, -0.05) is 188 Å². The van der Waals surface area contributed by atoms with E-state index in [0.717, 1.165) is 17.1 Å². The average Bonchev–Trinajstić information content (AvgIpc) is 3.25. The Labute approximate surface area is 311 Å². The molecule has 0 spiro atoms. The monoisotopic (exact) mass is 675 g/mol. The molecule has 0 unspecified atom stereocenters. The number of fused-ring (bicyclic) bond motifs is 1. The molecule has 0 saturated carbocycles. The van der Waals surface area contributed by atoms with Gasteiger partial charge in [-0.15, -0.1) is 0 Å². The summed E-state index contributed by atoms with van der Waals surface area (Å²) in [6.45, 7) is 0. The first kappa shape index (κ1) is 32.0. The summed E-state index contributed by atoms with van der Waals surface area (Å²) in [6.07, 6.45) is 0. The molecule has 250 valence electrons. The average molecular weight is 676 g/mol. The van der Waals surface area contributed by atoms with E-state index in [1.54, 1.807) is 0 Å². The van der Waals surface area contributed by atoms with Crippen LogP contribution in [0.2, 0.25) is 0 Å². The van der Waals surface area contributed by atoms with Crippen LogP contribution in [0.15, 0.2) is 224 Å². The van der Waals surface area contributed by atoms with E-state index in [1.807, 2.05) is 0 Å². The Morgan fingerprint density at radius 2 is 0.623 bits per heavy atom. The summed E-state index contributed by atoms with van der Waals surface area (Å²) in [5.74, 6) is 0. The molecule has 53 heavy (non-hydrogen) atoms. The minimum Gasteiger partial charge on any atom is -0.310 e. The summed E-state index contributed by atoms with van der Waals surface area (Å²) < 4.78 is 0. The van der Waals surface area contributed by atoms with Gasteiger partial charge in [-0.05, 0) is 103 Å². The quantitative estimate of drug-likeness (QED) is 0.155. The molecule has 0 aliphatic rings. The first-order valence-electron chi connectivity index (χ1n) is 18.2. The second-order valence-electron chi connectivity index (χ2n) is 13.4. The van der Waals surface area contributed by atoms with Crippen molar-refractivity contribution in [2.75, 3.05) is 4.90 Å². The maximum atomic E-state index is 2.37. The molecule has 0 bridgehead atoms. The highest BCUT2D eigenvalue weighted by Gasteiger charge is 2.18. The summed E-state index contributed by atoms with van der Waals surface area (Å²) in [6, 6.07) is 80.8. The lowest BCUT2D eigenvalue weighted by molar-refractivity contribution is 1.28. The van der Waals surface area contributed by atoms with E-state index in [0.29, 0.717) is 0 Å². The maximum Gasteiger partial charge on any atom is 0.0468 e. The van der Waals surface area contributed by atoms with Gasteiger partial charge < -0.3 is 4.90 Å². The molecule has 0 aromatic heterocycles. The Morgan fingerprint density at radius 3 is 1.15 bits per heavy atom. The molecule has 0 aliphatic carbocycles. The zero-order chi connectivity index (χ0) is 35.4. The van der Waals surface area contributed by atoms with Crippen molar-refractivity contribution < 1.29 is 0 Å². The molecule has 0 amide bonds. The SMILES string of the molecule is c1ccc(-c2ccc(-c3ccc(N(c4ccc(-c5ccccc5)cc4)c4ccc(-c5cccc6ccccc56)c(-c5ccccc5)c4)cc3)cc2)cc1. The van der Waals surface area contributed by atoms with Crippen molar-refractivity contribution in [3.8, 4) is 55.6 Å². The van der Waals surface area contributed by atoms with E-state index < -0.39 is 0 Å². The molecule has 0 radical (unpaired) electrons. The Morgan fingerprint density at radius 1 is 0.226 bits per heavy atom. The summed E-state index contributed by atoms with van der Waals surface area (Å²) in [7, 11) is 0. The topological polar surface area (TPSA) is 3.24 Å². The van der Waals surface area contributed by atoms with Crippen LogP contribution in [-0.4, -0.2) is 0 Å². The van der Waals surface area contributed by atoms with Crippen LogP contribution in [0, 0.1) is 0 Å². The fourth-order valence-electron chi connectivity index (χ4n) is 7.39. The van der Waals surface area contributed by atoms with Gasteiger partial charge in [0.25, 0.3) is 0 Å². The van der Waals surface area contributed by atoms with Crippen molar-refractivity contribution in [2.24, 2.45) is 0 Å². The van der Waals surface area contributed by atoms with Crippen molar-refractivity contribution in [3.05, 3.63) is 224 Å². The molecule has 0 N–H and O–H groups in total. The number of hydrogen-bond donors (Lipinski definition) is 0. The zero-order valence-electron chi connectivity index (χ0n) is 29.3. The molecule has 0 saturated heterocycles. The number of nitrogens with zero attached hydrogens (tertiary/aromatic N) is 1. The molecule has 9 rings (SSSR count). The first-order valence-corrected chi connectivity index (χ1v) is 18.2. The molecule has 9 aromatic rings. The van der Waals surface area contributed by atoms with Gasteiger partial charge in [0, 0.05) is 17.1 Å². The third kappa shape index (κ3) is 6.53. The smallest absolute Gasteiger partial charge is 0.0468 e. The van der Waals surface area contributed by atoms with Crippen molar-refractivity contribution in [1.82, 2.24) is 0 Å². The van der Waals surface area contributed by atoms with Crippen LogP contribution in [0.1, 0.15) is 0 Å². The van der Waals surface area contributed by atoms with Crippen LogP contribution in [-0.2, 0) is 0 Å². The van der Waals surface area contributed by atoms with Gasteiger partial charge in [0.05, 0.1) is 0 Å². The lowest BCUT2D eigenvalue weighted by atomic mass is 9.90. The molecule has 0 heterocycles. The largest absolute Gasteiger partial charge is 0.310 e. The van der Waals surface area contributed by atoms with E-state index in [1.165, 1.54) is 66.4 Å². The summed E-state index contributed by atoms with van der Waals surface area (Å²) >= 11 is 0. The Kier molecular flexibility index (Phi) is 8.66. The van der Waals surface area contributed by atoms with E-state index in [-0.39, 0.29) is 0 Å². The fourth-order valence-corrected chi connectivity index (χ4v) is 7.39. The molecule has 1 heteroatoms. The van der Waals surface area contributed by atoms with Crippen LogP contribution in [0.5, 0.6) is 0 Å². The van der Waals surface area contributed by atoms with Gasteiger partial charge in [0.1, 0.15) is 0 Å². The maximum absolute atomic E-state index is 2.37. The van der Waals surface area contributed by atoms with Gasteiger partial charge in [0.15, 0.2) is 0 Å². The minimum absolute atomic E-state index is 1.10. The van der Waals surface area contributed by atoms with Crippen molar-refractivity contribution in [1.29, 1.82) is 0 Å². The predicted molar refractivity (Wildman–Crippen MR) is 226 cm³/mol. The van der Waals surface area contributed by atoms with Gasteiger partial charge in [-0.3, -0.25) is 0 Å². The number of anilines is 3. The van der Waals surface area contributed by atoms with Crippen molar-refractivity contribution >= 4 is 27.8 Å². The van der Waals surface area contributed by atoms with Gasteiger partial charge in [0.2, 0.25) is 0 Å². The Balaban J connectivity index is 1.15. The third-order valence-corrected chi connectivity index (χ3v) is 10.1. The van der Waals surface area contributed by atoms with E-state index in [4.69, 9.17) is 0 Å². The fraction of sp³-hybridized carbons (Fsp3) is 0. The van der Waals surface area contributed by atoms with E-state index in [9.17, 15) is 0 Å². The molecule has 0 aliphatic heterocycles. The van der Waals surface area contributed by atoms with Crippen LogP contribution in [0.25, 0.3) is 66.4 Å². The second-order valence-corrected chi connectivity index (χ2v) is 13.4. The standard InChI is InChI=1S/C52H37N/c1-4-13-38(14-5-1)40-23-25-41(26-24-40)43-29-33-47(34-30-43)53(46-31-27-42(28-32-46)39-15-6-2-7-16-39)48-35-36-51(52(37-48)45-17-8-3-9-18-45)50-22-12-20-44-19-10-11-21-49(44)50/h1-37H. The van der Waals surface area contributed by atoms with Gasteiger partial charge in [-0.2, -0.15) is 0 Å². The Hall–Kier alpha value is -6.96. The third-order valence-electron chi connectivity index (χ3n) is 10.1. The number of rotatable bonds is 8. The highest BCUT2D eigenvalue weighted by Crippen LogP contribution is 2.43. The van der Waals surface area contributed by atoms with Crippen LogP contribution < -0.4 is 4.90 Å². The van der Waals surface area contributed by atoms with Crippen LogP contribution in [0.4, 0.5) is 17.1 Å². The van der Waals surface area contributed by atoms with Crippen molar-refractivity contribution in [3.63, 3.8) is 0 Å². The molecule has 0 atom stereocenters. The lowest BCUT2D eigenvalue weighted by Crippen LogP contribution is -2.10. The summed E-state index contributed by atoms with van der Waals surface area (Å²) in [4.78, 5) is 2.37. The van der Waals surface area contributed by atoms with Gasteiger partial charge in [-0.25, -0.2) is 0 Å². The highest BCUT2D eigenvalue weighted by molar-refractivity contribution is 6.01. The lowest BCUT2D eigenvalue weighted by Gasteiger charge is -2.27. The van der Waals surface area contributed by atoms with Crippen LogP contribution in [0.3, 0.4) is 0 Å². The zero-order valence-corrected chi connectivity index (χ0v) is 29.3. The van der Waals surface area contributed by atoms with E-state index >= 15 is 0 Å². The van der Waals surface area contributed by atoms with E-state index in [2.05, 4.69) is 229 Å². The first-order chi connectivity index (χ1) is 26.3. The minimum atomic E-state index is 1.10. The summed E-state index contributed by atoms with van der Waals surface area (Å²) in [5, 5.41) is 2.49. The molecular weight excluding hydrogens is 639 g/mol. The number of benzene rings is 9. The molecule has 1 nitrogen and oxygen atoms in total. The summed E-state index contributed by atoms with van der Waals surface area (Å²) in [5.41, 5.74) is 15.3. The predicted octanol–water partition coefficient (Wildman–Crippen LogP) is 14.6. The Bertz CT molecular complexity index is 2600.